The first-order valence-corrected chi connectivity index (χ1v) is 10.0. The summed E-state index contributed by atoms with van der Waals surface area (Å²) in [5, 5.41) is 5.63. The monoisotopic (exact) mass is 376 g/mol. The second kappa shape index (κ2) is 6.91. The summed E-state index contributed by atoms with van der Waals surface area (Å²) in [6, 6.07) is 6.54. The molecule has 0 aliphatic carbocycles. The van der Waals surface area contributed by atoms with Crippen molar-refractivity contribution in [2.45, 2.75) is 26.3 Å². The molecule has 9 heteroatoms. The van der Waals surface area contributed by atoms with Crippen LogP contribution in [0.4, 0.5) is 11.4 Å². The van der Waals surface area contributed by atoms with Gasteiger partial charge in [-0.2, -0.15) is 0 Å². The number of anilines is 1. The van der Waals surface area contributed by atoms with E-state index in [9.17, 15) is 18.0 Å². The Hall–Kier alpha value is -2.68. The second-order valence-electron chi connectivity index (χ2n) is 6.37. The number of carbonyl (C=O) groups excluding carboxylic acids is 1. The highest BCUT2D eigenvalue weighted by Crippen LogP contribution is 2.22. The minimum atomic E-state index is -3.08. The van der Waals surface area contributed by atoms with Gasteiger partial charge in [0, 0.05) is 24.5 Å². The Bertz CT molecular complexity index is 1020. The smallest absolute Gasteiger partial charge is 0.275 e. The van der Waals surface area contributed by atoms with Crippen molar-refractivity contribution in [2.24, 2.45) is 4.99 Å². The Morgan fingerprint density at radius 3 is 2.62 bits per heavy atom. The zero-order valence-corrected chi connectivity index (χ0v) is 15.3. The van der Waals surface area contributed by atoms with Crippen molar-refractivity contribution in [3.8, 4) is 0 Å². The average molecular weight is 376 g/mol. The lowest BCUT2D eigenvalue weighted by Crippen LogP contribution is -2.25. The number of sulfone groups is 1. The van der Waals surface area contributed by atoms with Gasteiger partial charge in [0.1, 0.15) is 0 Å². The Morgan fingerprint density at radius 1 is 1.35 bits per heavy atom. The number of H-pyrrole nitrogens is 1. The van der Waals surface area contributed by atoms with Crippen LogP contribution in [-0.2, 0) is 14.6 Å². The molecule has 2 N–H and O–H groups in total. The maximum atomic E-state index is 12.6. The van der Waals surface area contributed by atoms with Gasteiger partial charge in [-0.1, -0.05) is 0 Å². The highest BCUT2D eigenvalue weighted by Gasteiger charge is 2.31. The maximum absolute atomic E-state index is 12.6. The first-order chi connectivity index (χ1) is 12.2. The number of hydrogen-bond acceptors (Lipinski definition) is 5. The summed E-state index contributed by atoms with van der Waals surface area (Å²) >= 11 is 0. The third-order valence-electron chi connectivity index (χ3n) is 4.25. The third-order valence-corrected chi connectivity index (χ3v) is 6.00. The Kier molecular flexibility index (Phi) is 4.82. The number of hydrogen-bond donors (Lipinski definition) is 2. The van der Waals surface area contributed by atoms with Crippen molar-refractivity contribution in [1.29, 1.82) is 0 Å². The number of aryl methyl sites for hydroxylation is 1. The van der Waals surface area contributed by atoms with E-state index in [1.165, 1.54) is 17.8 Å². The van der Waals surface area contributed by atoms with Crippen LogP contribution in [0, 0.1) is 6.92 Å². The Labute approximate surface area is 150 Å². The number of nitrogens with zero attached hydrogens (tertiary/aromatic N) is 2. The molecule has 0 unspecified atom stereocenters. The second-order valence-corrected chi connectivity index (χ2v) is 8.60. The molecule has 0 spiro atoms. The lowest BCUT2D eigenvalue weighted by molar-refractivity contribution is -0.114. The van der Waals surface area contributed by atoms with Gasteiger partial charge >= 0.3 is 0 Å². The molecule has 1 aromatic heterocycles. The number of amides is 1. The van der Waals surface area contributed by atoms with Crippen molar-refractivity contribution in [2.75, 3.05) is 16.8 Å². The highest BCUT2D eigenvalue weighted by atomic mass is 32.2. The van der Waals surface area contributed by atoms with Crippen LogP contribution in [0.25, 0.3) is 0 Å². The molecular weight excluding hydrogens is 356 g/mol. The van der Waals surface area contributed by atoms with E-state index in [1.807, 2.05) is 0 Å². The van der Waals surface area contributed by atoms with E-state index in [0.717, 1.165) is 0 Å². The van der Waals surface area contributed by atoms with Gasteiger partial charge in [-0.05, 0) is 37.6 Å². The van der Waals surface area contributed by atoms with Crippen molar-refractivity contribution < 1.29 is 13.2 Å². The van der Waals surface area contributed by atoms with E-state index in [2.05, 4.69) is 15.4 Å². The molecule has 26 heavy (non-hydrogen) atoms. The van der Waals surface area contributed by atoms with Crippen molar-refractivity contribution in [3.05, 3.63) is 45.9 Å². The van der Waals surface area contributed by atoms with E-state index < -0.39 is 9.84 Å². The molecule has 1 aromatic carbocycles. The Balaban J connectivity index is 1.81. The van der Waals surface area contributed by atoms with Gasteiger partial charge in [0.05, 0.1) is 28.8 Å². The molecule has 2 aromatic rings. The summed E-state index contributed by atoms with van der Waals surface area (Å²) < 4.78 is 24.7. The van der Waals surface area contributed by atoms with Crippen LogP contribution in [0.5, 0.6) is 0 Å². The van der Waals surface area contributed by atoms with Gasteiger partial charge in [-0.25, -0.2) is 13.1 Å². The molecule has 1 atom stereocenters. The fourth-order valence-corrected chi connectivity index (χ4v) is 4.64. The SMILES string of the molecule is CC(=O)Nc1ccc(N=Cc2c(C)[nH]n([C@H]3CCS(=O)(=O)C3)c2=O)cc1. The van der Waals surface area contributed by atoms with Crippen LogP contribution >= 0.6 is 0 Å². The molecule has 1 amide bonds. The first-order valence-electron chi connectivity index (χ1n) is 8.18. The average Bonchev–Trinajstić information content (AvgIpc) is 3.06. The number of aliphatic imine (C=N–C) groups is 1. The number of aromatic amines is 1. The molecule has 138 valence electrons. The number of nitrogens with one attached hydrogen (secondary N) is 2. The van der Waals surface area contributed by atoms with Gasteiger partial charge in [-0.3, -0.25) is 19.7 Å². The first kappa shape index (κ1) is 18.1. The quantitative estimate of drug-likeness (QED) is 0.788. The zero-order chi connectivity index (χ0) is 18.9. The van der Waals surface area contributed by atoms with Crippen LogP contribution in [-0.4, -0.2) is 41.8 Å². The molecule has 1 aliphatic rings. The standard InChI is InChI=1S/C17H20N4O4S/c1-11-16(9-18-13-3-5-14(6-4-13)19-12(2)22)17(23)21(20-11)15-7-8-26(24,25)10-15/h3-6,9,15,20H,7-8,10H2,1-2H3,(H,19,22)/t15-/m0/s1. The molecule has 0 radical (unpaired) electrons. The van der Waals surface area contributed by atoms with Crippen LogP contribution in [0.15, 0.2) is 34.1 Å². The molecule has 1 saturated heterocycles. The van der Waals surface area contributed by atoms with Gasteiger partial charge in [-0.15, -0.1) is 0 Å². The summed E-state index contributed by atoms with van der Waals surface area (Å²) in [4.78, 5) is 27.9. The van der Waals surface area contributed by atoms with Gasteiger partial charge in [0.25, 0.3) is 5.56 Å². The predicted molar refractivity (Wildman–Crippen MR) is 100 cm³/mol. The molecule has 0 saturated carbocycles. The molecular formula is C17H20N4O4S. The van der Waals surface area contributed by atoms with Crippen LogP contribution < -0.4 is 10.9 Å². The Morgan fingerprint density at radius 2 is 2.04 bits per heavy atom. The van der Waals surface area contributed by atoms with Gasteiger partial charge in [0.15, 0.2) is 9.84 Å². The van der Waals surface area contributed by atoms with Gasteiger partial charge in [0.2, 0.25) is 5.91 Å². The molecule has 8 nitrogen and oxygen atoms in total. The largest absolute Gasteiger partial charge is 0.326 e. The number of benzene rings is 1. The number of rotatable bonds is 4. The predicted octanol–water partition coefficient (Wildman–Crippen LogP) is 1.55. The van der Waals surface area contributed by atoms with E-state index in [0.29, 0.717) is 29.1 Å². The zero-order valence-electron chi connectivity index (χ0n) is 14.5. The normalized spacial score (nSPS) is 19.1. The summed E-state index contributed by atoms with van der Waals surface area (Å²) in [5.74, 6) is -0.0704. The molecule has 2 heterocycles. The van der Waals surface area contributed by atoms with Crippen LogP contribution in [0.3, 0.4) is 0 Å². The fraction of sp³-hybridized carbons (Fsp3) is 0.353. The molecule has 3 rings (SSSR count). The van der Waals surface area contributed by atoms with E-state index in [-0.39, 0.29) is 29.0 Å². The lowest BCUT2D eigenvalue weighted by atomic mass is 10.2. The van der Waals surface area contributed by atoms with E-state index >= 15 is 0 Å². The van der Waals surface area contributed by atoms with E-state index in [4.69, 9.17) is 0 Å². The summed E-state index contributed by atoms with van der Waals surface area (Å²) in [6.45, 7) is 3.18. The lowest BCUT2D eigenvalue weighted by Gasteiger charge is -2.07. The fourth-order valence-electron chi connectivity index (χ4n) is 2.94. The van der Waals surface area contributed by atoms with Crippen LogP contribution in [0.1, 0.15) is 30.6 Å². The third kappa shape index (κ3) is 3.93. The summed E-state index contributed by atoms with van der Waals surface area (Å²) in [6.07, 6.45) is 1.91. The van der Waals surface area contributed by atoms with Crippen molar-refractivity contribution >= 4 is 33.3 Å². The summed E-state index contributed by atoms with van der Waals surface area (Å²) in [5.41, 5.74) is 2.06. The molecule has 1 fully saturated rings. The van der Waals surface area contributed by atoms with Crippen molar-refractivity contribution in [3.63, 3.8) is 0 Å². The topological polar surface area (TPSA) is 113 Å². The minimum absolute atomic E-state index is 0.0198. The molecule has 0 bridgehead atoms. The highest BCUT2D eigenvalue weighted by molar-refractivity contribution is 7.91. The van der Waals surface area contributed by atoms with Crippen LogP contribution in [0.2, 0.25) is 0 Å². The maximum Gasteiger partial charge on any atom is 0.275 e. The minimum Gasteiger partial charge on any atom is -0.326 e. The number of carbonyl (C=O) groups is 1. The van der Waals surface area contributed by atoms with Crippen molar-refractivity contribution in [1.82, 2.24) is 9.78 Å². The van der Waals surface area contributed by atoms with E-state index in [1.54, 1.807) is 31.2 Å². The number of aromatic nitrogens is 2. The summed E-state index contributed by atoms with van der Waals surface area (Å²) in [7, 11) is -3.08. The van der Waals surface area contributed by atoms with Gasteiger partial charge < -0.3 is 5.32 Å². The molecule has 1 aliphatic heterocycles.